The van der Waals surface area contributed by atoms with Gasteiger partial charge in [-0.25, -0.2) is 0 Å². The van der Waals surface area contributed by atoms with Gasteiger partial charge in [-0.05, 0) is 67.4 Å². The van der Waals surface area contributed by atoms with Crippen LogP contribution in [0.3, 0.4) is 0 Å². The van der Waals surface area contributed by atoms with Gasteiger partial charge in [-0.15, -0.1) is 0 Å². The van der Waals surface area contributed by atoms with Crippen LogP contribution in [-0.2, 0) is 22.6 Å². The van der Waals surface area contributed by atoms with Crippen molar-refractivity contribution in [2.75, 3.05) is 26.2 Å². The molecule has 1 aliphatic heterocycles. The summed E-state index contributed by atoms with van der Waals surface area (Å²) >= 11 is 0. The Morgan fingerprint density at radius 3 is 2.23 bits per heavy atom. The molecule has 1 heterocycles. The Labute approximate surface area is 231 Å². The minimum atomic E-state index is -0.656. The number of ketones is 1. The minimum absolute atomic E-state index is 0.122. The lowest BCUT2D eigenvalue weighted by atomic mass is 9.94. The molecule has 39 heavy (non-hydrogen) atoms. The number of likely N-dealkylation sites (N-methyl/N-ethyl adjacent to an activating group) is 1. The van der Waals surface area contributed by atoms with Crippen molar-refractivity contribution in [1.29, 1.82) is 0 Å². The summed E-state index contributed by atoms with van der Waals surface area (Å²) in [6, 6.07) is 22.4. The Morgan fingerprint density at radius 2 is 1.62 bits per heavy atom. The molecule has 1 saturated heterocycles. The van der Waals surface area contributed by atoms with Crippen LogP contribution in [0.1, 0.15) is 54.6 Å². The molecule has 0 unspecified atom stereocenters. The summed E-state index contributed by atoms with van der Waals surface area (Å²) in [6.07, 6.45) is 0.890. The molecular weight excluding hydrogens is 488 g/mol. The third-order valence-corrected chi connectivity index (χ3v) is 7.41. The lowest BCUT2D eigenvalue weighted by Gasteiger charge is -2.28. The van der Waals surface area contributed by atoms with E-state index in [2.05, 4.69) is 31.7 Å². The number of aliphatic hydroxyl groups is 1. The third kappa shape index (κ3) is 6.40. The number of likely N-dealkylation sites (tertiary alicyclic amines) is 1. The second kappa shape index (κ2) is 12.8. The highest BCUT2D eigenvalue weighted by atomic mass is 16.5. The summed E-state index contributed by atoms with van der Waals surface area (Å²) in [6.45, 7) is 11.5. The van der Waals surface area contributed by atoms with E-state index in [0.29, 0.717) is 31.0 Å². The van der Waals surface area contributed by atoms with E-state index in [0.717, 1.165) is 30.6 Å². The topological polar surface area (TPSA) is 70.1 Å². The Balaban J connectivity index is 1.64. The molecule has 1 aliphatic rings. The van der Waals surface area contributed by atoms with Crippen molar-refractivity contribution in [3.63, 3.8) is 0 Å². The number of aryl methyl sites for hydroxylation is 2. The van der Waals surface area contributed by atoms with Gasteiger partial charge in [-0.2, -0.15) is 0 Å². The van der Waals surface area contributed by atoms with Crippen LogP contribution in [0.5, 0.6) is 5.75 Å². The van der Waals surface area contributed by atoms with E-state index in [-0.39, 0.29) is 11.3 Å². The van der Waals surface area contributed by atoms with Crippen molar-refractivity contribution in [1.82, 2.24) is 9.80 Å². The number of amides is 1. The van der Waals surface area contributed by atoms with Crippen LogP contribution in [0.15, 0.2) is 78.4 Å². The smallest absolute Gasteiger partial charge is 0.295 e. The van der Waals surface area contributed by atoms with Crippen molar-refractivity contribution in [2.45, 2.75) is 46.8 Å². The molecule has 4 rings (SSSR count). The first-order valence-electron chi connectivity index (χ1n) is 13.7. The first-order valence-corrected chi connectivity index (χ1v) is 13.7. The Bertz CT molecular complexity index is 1320. The first kappa shape index (κ1) is 28.1. The number of nitrogens with zero attached hydrogens (tertiary/aromatic N) is 2. The van der Waals surface area contributed by atoms with Gasteiger partial charge < -0.3 is 19.6 Å². The number of hydrogen-bond acceptors (Lipinski definition) is 5. The number of ether oxygens (including phenoxy) is 1. The fourth-order valence-electron chi connectivity index (χ4n) is 5.01. The van der Waals surface area contributed by atoms with Crippen LogP contribution in [0.4, 0.5) is 0 Å². The highest BCUT2D eigenvalue weighted by Crippen LogP contribution is 2.39. The van der Waals surface area contributed by atoms with Gasteiger partial charge in [0.25, 0.3) is 11.7 Å². The summed E-state index contributed by atoms with van der Waals surface area (Å²) in [5.74, 6) is -0.754. The number of carbonyl (C=O) groups excluding carboxylic acids is 2. The van der Waals surface area contributed by atoms with Gasteiger partial charge >= 0.3 is 0 Å². The molecule has 1 amide bonds. The van der Waals surface area contributed by atoms with E-state index in [4.69, 9.17) is 4.74 Å². The predicted molar refractivity (Wildman–Crippen MR) is 155 cm³/mol. The first-order chi connectivity index (χ1) is 18.9. The molecule has 1 fully saturated rings. The van der Waals surface area contributed by atoms with Gasteiger partial charge in [-0.1, -0.05) is 74.9 Å². The van der Waals surface area contributed by atoms with Crippen molar-refractivity contribution in [3.8, 4) is 5.75 Å². The quantitative estimate of drug-likeness (QED) is 0.191. The molecule has 0 aliphatic carbocycles. The number of benzene rings is 3. The lowest BCUT2D eigenvalue weighted by Crippen LogP contribution is -2.38. The second-order valence-electron chi connectivity index (χ2n) is 9.92. The number of carbonyl (C=O) groups is 2. The molecular formula is C33H38N2O4. The molecule has 0 radical (unpaired) electrons. The fraction of sp³-hybridized carbons (Fsp3) is 0.333. The standard InChI is InChI=1S/C33H38N2O4/c1-5-24-11-13-26(14-12-24)30-29(32(37)33(38)35(30)20-19-34(6-2)7-3)31(36)27-15-17-28(18-16-27)39-22-25-10-8-9-23(4)21-25/h8-18,21,30,36H,5-7,19-20,22H2,1-4H3/b31-29+/t30-/m1/s1. The van der Waals surface area contributed by atoms with E-state index in [1.807, 2.05) is 49.4 Å². The highest BCUT2D eigenvalue weighted by Gasteiger charge is 2.45. The van der Waals surface area contributed by atoms with Gasteiger partial charge in [0, 0.05) is 18.7 Å². The van der Waals surface area contributed by atoms with Crippen molar-refractivity contribution >= 4 is 17.4 Å². The summed E-state index contributed by atoms with van der Waals surface area (Å²) in [7, 11) is 0. The van der Waals surface area contributed by atoms with Crippen LogP contribution in [0.2, 0.25) is 0 Å². The van der Waals surface area contributed by atoms with Gasteiger partial charge in [0.15, 0.2) is 0 Å². The SMILES string of the molecule is CCc1ccc([C@@H]2/C(=C(\O)c3ccc(OCc4cccc(C)c4)cc3)C(=O)C(=O)N2CCN(CC)CC)cc1. The van der Waals surface area contributed by atoms with Crippen molar-refractivity contribution in [2.24, 2.45) is 0 Å². The Morgan fingerprint density at radius 1 is 0.923 bits per heavy atom. The minimum Gasteiger partial charge on any atom is -0.507 e. The molecule has 0 saturated carbocycles. The third-order valence-electron chi connectivity index (χ3n) is 7.41. The maximum Gasteiger partial charge on any atom is 0.295 e. The lowest BCUT2D eigenvalue weighted by molar-refractivity contribution is -0.140. The highest BCUT2D eigenvalue weighted by molar-refractivity contribution is 6.46. The summed E-state index contributed by atoms with van der Waals surface area (Å²) in [5, 5.41) is 11.4. The zero-order valence-electron chi connectivity index (χ0n) is 23.3. The van der Waals surface area contributed by atoms with Gasteiger partial charge in [0.05, 0.1) is 11.6 Å². The maximum atomic E-state index is 13.3. The largest absolute Gasteiger partial charge is 0.507 e. The molecule has 0 aromatic heterocycles. The summed E-state index contributed by atoms with van der Waals surface area (Å²) < 4.78 is 5.92. The number of Topliss-reactive ketones (excluding diaryl/α,β-unsaturated/α-hetero) is 1. The van der Waals surface area contributed by atoms with E-state index in [1.54, 1.807) is 29.2 Å². The average molecular weight is 527 g/mol. The van der Waals surface area contributed by atoms with Gasteiger partial charge in [0.2, 0.25) is 0 Å². The predicted octanol–water partition coefficient (Wildman–Crippen LogP) is 5.90. The molecule has 1 N–H and O–H groups in total. The average Bonchev–Trinajstić information content (AvgIpc) is 3.21. The van der Waals surface area contributed by atoms with Crippen LogP contribution in [-0.4, -0.2) is 52.8 Å². The van der Waals surface area contributed by atoms with Crippen molar-refractivity contribution < 1.29 is 19.4 Å². The van der Waals surface area contributed by atoms with E-state index < -0.39 is 17.7 Å². The van der Waals surface area contributed by atoms with Crippen molar-refractivity contribution in [3.05, 3.63) is 106 Å². The molecule has 6 heteroatoms. The molecule has 3 aromatic rings. The van der Waals surface area contributed by atoms with Crippen LogP contribution in [0, 0.1) is 6.92 Å². The Hall–Kier alpha value is -3.90. The van der Waals surface area contributed by atoms with Crippen LogP contribution >= 0.6 is 0 Å². The van der Waals surface area contributed by atoms with Gasteiger partial charge in [-0.3, -0.25) is 9.59 Å². The molecule has 204 valence electrons. The van der Waals surface area contributed by atoms with E-state index in [9.17, 15) is 14.7 Å². The molecule has 1 atom stereocenters. The fourth-order valence-corrected chi connectivity index (χ4v) is 5.01. The zero-order chi connectivity index (χ0) is 27.9. The summed E-state index contributed by atoms with van der Waals surface area (Å²) in [4.78, 5) is 30.4. The summed E-state index contributed by atoms with van der Waals surface area (Å²) in [5.41, 5.74) is 4.81. The number of aliphatic hydroxyl groups excluding tert-OH is 1. The van der Waals surface area contributed by atoms with Gasteiger partial charge in [0.1, 0.15) is 18.1 Å². The number of hydrogen-bond donors (Lipinski definition) is 1. The van der Waals surface area contributed by atoms with E-state index in [1.165, 1.54) is 11.1 Å². The Kier molecular flexibility index (Phi) is 9.20. The molecule has 6 nitrogen and oxygen atoms in total. The monoisotopic (exact) mass is 526 g/mol. The zero-order valence-corrected chi connectivity index (χ0v) is 23.3. The van der Waals surface area contributed by atoms with E-state index >= 15 is 0 Å². The molecule has 3 aromatic carbocycles. The molecule has 0 bridgehead atoms. The molecule has 0 spiro atoms. The normalized spacial score (nSPS) is 16.7. The number of rotatable bonds is 11. The second-order valence-corrected chi connectivity index (χ2v) is 9.92. The van der Waals surface area contributed by atoms with Crippen LogP contribution in [0.25, 0.3) is 5.76 Å². The van der Waals surface area contributed by atoms with Crippen LogP contribution < -0.4 is 4.74 Å². The maximum absolute atomic E-state index is 13.3.